The lowest BCUT2D eigenvalue weighted by molar-refractivity contribution is -0.137. The molecular weight excluding hydrogens is 357 g/mol. The fourth-order valence-electron chi connectivity index (χ4n) is 3.05. The highest BCUT2D eigenvalue weighted by Crippen LogP contribution is 2.32. The number of aromatic nitrogens is 2. The van der Waals surface area contributed by atoms with Gasteiger partial charge >= 0.3 is 12.2 Å². The second kappa shape index (κ2) is 5.52. The largest absolute Gasteiger partial charge is 0.416 e. The monoisotopic (exact) mass is 367 g/mol. The normalized spacial score (nSPS) is 16.8. The Hall–Kier alpha value is -2.97. The number of hydrogen-bond donors (Lipinski definition) is 1. The molecule has 1 aliphatic heterocycles. The van der Waals surface area contributed by atoms with Crippen molar-refractivity contribution in [3.63, 3.8) is 0 Å². The van der Waals surface area contributed by atoms with Gasteiger partial charge in [-0.15, -0.1) is 0 Å². The van der Waals surface area contributed by atoms with Crippen LogP contribution in [-0.4, -0.2) is 15.6 Å². The first-order valence-electron chi connectivity index (χ1n) is 7.58. The van der Waals surface area contributed by atoms with Crippen molar-refractivity contribution in [2.24, 2.45) is 0 Å². The van der Waals surface area contributed by atoms with Gasteiger partial charge in [0.2, 0.25) is 0 Å². The van der Waals surface area contributed by atoms with Gasteiger partial charge in [-0.3, -0.25) is 0 Å². The van der Waals surface area contributed by atoms with Crippen molar-refractivity contribution in [1.82, 2.24) is 14.9 Å². The average Bonchev–Trinajstić information content (AvgIpc) is 3.06. The number of alkyl halides is 3. The van der Waals surface area contributed by atoms with Crippen LogP contribution in [0.4, 0.5) is 26.7 Å². The summed E-state index contributed by atoms with van der Waals surface area (Å²) in [5.74, 6) is -1.27. The van der Waals surface area contributed by atoms with E-state index in [0.29, 0.717) is 11.6 Å². The van der Waals surface area contributed by atoms with Crippen LogP contribution >= 0.6 is 0 Å². The molecule has 4 rings (SSSR count). The summed E-state index contributed by atoms with van der Waals surface area (Å²) in [6, 6.07) is 4.77. The van der Waals surface area contributed by atoms with Crippen LogP contribution in [0, 0.1) is 11.6 Å². The Bertz CT molecular complexity index is 1040. The molecule has 1 amide bonds. The minimum absolute atomic E-state index is 0.00925. The standard InChI is InChI=1S/C17H10F5N3O/c18-10-3-4-14-12(7-10)23-15-13(24-16(26)25(14)15)5-8-1-2-9(6-11(8)19)17(20,21)22/h1-4,6-7,13H,5H2,(H,24,26). The van der Waals surface area contributed by atoms with Crippen LogP contribution < -0.4 is 5.32 Å². The first kappa shape index (κ1) is 16.5. The number of hydrogen-bond acceptors (Lipinski definition) is 2. The zero-order valence-electron chi connectivity index (χ0n) is 12.9. The van der Waals surface area contributed by atoms with Gasteiger partial charge in [0.25, 0.3) is 0 Å². The minimum atomic E-state index is -4.64. The third-order valence-electron chi connectivity index (χ3n) is 4.26. The van der Waals surface area contributed by atoms with Gasteiger partial charge in [0, 0.05) is 12.5 Å². The molecule has 134 valence electrons. The zero-order valence-corrected chi connectivity index (χ0v) is 12.9. The topological polar surface area (TPSA) is 46.9 Å². The fraction of sp³-hybridized carbons (Fsp3) is 0.176. The predicted octanol–water partition coefficient (Wildman–Crippen LogP) is 4.19. The third-order valence-corrected chi connectivity index (χ3v) is 4.26. The van der Waals surface area contributed by atoms with Crippen molar-refractivity contribution in [2.75, 3.05) is 0 Å². The van der Waals surface area contributed by atoms with E-state index in [1.54, 1.807) is 0 Å². The predicted molar refractivity (Wildman–Crippen MR) is 81.5 cm³/mol. The second-order valence-corrected chi connectivity index (χ2v) is 5.95. The summed E-state index contributed by atoms with van der Waals surface area (Å²) in [6.07, 6.45) is -4.72. The van der Waals surface area contributed by atoms with Gasteiger partial charge < -0.3 is 5.32 Å². The Morgan fingerprint density at radius 2 is 1.88 bits per heavy atom. The molecule has 2 heterocycles. The third kappa shape index (κ3) is 2.59. The molecule has 4 nitrogen and oxygen atoms in total. The molecule has 1 unspecified atom stereocenters. The molecule has 0 bridgehead atoms. The summed E-state index contributed by atoms with van der Waals surface area (Å²) in [7, 11) is 0. The van der Waals surface area contributed by atoms with E-state index < -0.39 is 35.4 Å². The van der Waals surface area contributed by atoms with Crippen LogP contribution in [0.3, 0.4) is 0 Å². The van der Waals surface area contributed by atoms with Crippen LogP contribution in [0.2, 0.25) is 0 Å². The summed E-state index contributed by atoms with van der Waals surface area (Å²) >= 11 is 0. The maximum absolute atomic E-state index is 14.1. The number of amides is 1. The van der Waals surface area contributed by atoms with Gasteiger partial charge in [0.15, 0.2) is 0 Å². The molecule has 26 heavy (non-hydrogen) atoms. The average molecular weight is 367 g/mol. The van der Waals surface area contributed by atoms with Gasteiger partial charge in [-0.1, -0.05) is 6.07 Å². The first-order chi connectivity index (χ1) is 12.2. The second-order valence-electron chi connectivity index (χ2n) is 5.95. The van der Waals surface area contributed by atoms with E-state index in [0.717, 1.165) is 12.1 Å². The molecule has 1 atom stereocenters. The van der Waals surface area contributed by atoms with Crippen molar-refractivity contribution in [2.45, 2.75) is 18.6 Å². The first-order valence-corrected chi connectivity index (χ1v) is 7.58. The number of rotatable bonds is 2. The number of halogens is 5. The molecule has 3 aromatic rings. The van der Waals surface area contributed by atoms with Gasteiger partial charge in [-0.25, -0.2) is 23.1 Å². The van der Waals surface area contributed by atoms with Crippen molar-refractivity contribution < 1.29 is 26.7 Å². The molecule has 0 spiro atoms. The number of fused-ring (bicyclic) bond motifs is 3. The Morgan fingerprint density at radius 1 is 1.12 bits per heavy atom. The van der Waals surface area contributed by atoms with E-state index in [1.807, 2.05) is 0 Å². The number of nitrogens with zero attached hydrogens (tertiary/aromatic N) is 2. The number of nitrogens with one attached hydrogen (secondary N) is 1. The van der Waals surface area contributed by atoms with Crippen LogP contribution in [0.25, 0.3) is 11.0 Å². The Morgan fingerprint density at radius 3 is 2.58 bits per heavy atom. The molecule has 0 saturated heterocycles. The summed E-state index contributed by atoms with van der Waals surface area (Å²) in [5, 5.41) is 2.61. The highest BCUT2D eigenvalue weighted by atomic mass is 19.4. The lowest BCUT2D eigenvalue weighted by Crippen LogP contribution is -2.23. The molecule has 0 radical (unpaired) electrons. The summed E-state index contributed by atoms with van der Waals surface area (Å²) < 4.78 is 66.6. The maximum atomic E-state index is 14.1. The Kier molecular flexibility index (Phi) is 3.50. The maximum Gasteiger partial charge on any atom is 0.416 e. The molecule has 1 N–H and O–H groups in total. The van der Waals surface area contributed by atoms with E-state index in [-0.39, 0.29) is 23.3 Å². The summed E-state index contributed by atoms with van der Waals surface area (Å²) in [5.41, 5.74) is -0.408. The molecule has 9 heteroatoms. The molecule has 0 aliphatic carbocycles. The summed E-state index contributed by atoms with van der Waals surface area (Å²) in [6.45, 7) is 0. The lowest BCUT2D eigenvalue weighted by atomic mass is 10.0. The quantitative estimate of drug-likeness (QED) is 0.691. The number of carbonyl (C=O) groups is 1. The van der Waals surface area contributed by atoms with Gasteiger partial charge in [0.05, 0.1) is 22.6 Å². The van der Waals surface area contributed by atoms with Crippen molar-refractivity contribution in [3.05, 3.63) is 65.0 Å². The number of imidazole rings is 1. The zero-order chi connectivity index (χ0) is 18.6. The fourth-order valence-corrected chi connectivity index (χ4v) is 3.05. The van der Waals surface area contributed by atoms with E-state index in [4.69, 9.17) is 0 Å². The van der Waals surface area contributed by atoms with E-state index in [1.165, 1.54) is 22.8 Å². The van der Waals surface area contributed by atoms with E-state index in [9.17, 15) is 26.7 Å². The van der Waals surface area contributed by atoms with Crippen molar-refractivity contribution in [1.29, 1.82) is 0 Å². The van der Waals surface area contributed by atoms with Gasteiger partial charge in [-0.05, 0) is 29.8 Å². The van der Waals surface area contributed by atoms with Crippen LogP contribution in [0.1, 0.15) is 23.0 Å². The molecule has 0 saturated carbocycles. The van der Waals surface area contributed by atoms with Crippen LogP contribution in [0.15, 0.2) is 36.4 Å². The van der Waals surface area contributed by atoms with Gasteiger partial charge in [-0.2, -0.15) is 13.2 Å². The molecule has 2 aromatic carbocycles. The SMILES string of the molecule is O=C1NC(Cc2ccc(C(F)(F)F)cc2F)c2nc3cc(F)ccc3n21. The number of benzene rings is 2. The highest BCUT2D eigenvalue weighted by Gasteiger charge is 2.34. The molecule has 1 aromatic heterocycles. The van der Waals surface area contributed by atoms with E-state index in [2.05, 4.69) is 10.3 Å². The van der Waals surface area contributed by atoms with Gasteiger partial charge in [0.1, 0.15) is 17.5 Å². The van der Waals surface area contributed by atoms with Crippen LogP contribution in [-0.2, 0) is 12.6 Å². The minimum Gasteiger partial charge on any atom is -0.327 e. The lowest BCUT2D eigenvalue weighted by Gasteiger charge is -2.12. The van der Waals surface area contributed by atoms with E-state index >= 15 is 0 Å². The Balaban J connectivity index is 1.69. The molecular formula is C17H10F5N3O. The highest BCUT2D eigenvalue weighted by molar-refractivity contribution is 5.92. The van der Waals surface area contributed by atoms with Crippen LogP contribution in [0.5, 0.6) is 0 Å². The Labute approximate surface area is 143 Å². The summed E-state index contributed by atoms with van der Waals surface area (Å²) in [4.78, 5) is 16.4. The smallest absolute Gasteiger partial charge is 0.327 e. The molecule has 1 aliphatic rings. The van der Waals surface area contributed by atoms with Crippen molar-refractivity contribution >= 4 is 17.1 Å². The van der Waals surface area contributed by atoms with Crippen molar-refractivity contribution in [3.8, 4) is 0 Å². The number of carbonyl (C=O) groups excluding carboxylic acids is 1. The molecule has 0 fully saturated rings.